The van der Waals surface area contributed by atoms with Gasteiger partial charge in [0.15, 0.2) is 0 Å². The van der Waals surface area contributed by atoms with Gasteiger partial charge in [0.05, 0.1) is 0 Å². The Bertz CT molecular complexity index is 341. The molecule has 0 nitrogen and oxygen atoms in total. The van der Waals surface area contributed by atoms with Crippen LogP contribution in [0.25, 0.3) is 0 Å². The largest absolute Gasteiger partial charge is 0.121 e. The minimum atomic E-state index is -1.30. The smallest absolute Gasteiger partial charge is 0.0994 e. The van der Waals surface area contributed by atoms with Crippen molar-refractivity contribution in [2.24, 2.45) is 0 Å². The fourth-order valence-electron chi connectivity index (χ4n) is 1.48. The SMILES string of the molecule is C=C1Sc2ccccc2[Si]1(C)C. The van der Waals surface area contributed by atoms with Crippen molar-refractivity contribution in [3.05, 3.63) is 35.4 Å². The van der Waals surface area contributed by atoms with Crippen LogP contribution in [0.15, 0.2) is 40.3 Å². The van der Waals surface area contributed by atoms with Gasteiger partial charge in [-0.05, 0) is 15.8 Å². The average molecular weight is 192 g/mol. The molecule has 1 aliphatic rings. The molecule has 2 rings (SSSR count). The fraction of sp³-hybridized carbons (Fsp3) is 0.200. The highest BCUT2D eigenvalue weighted by molar-refractivity contribution is 8.06. The van der Waals surface area contributed by atoms with Crippen LogP contribution >= 0.6 is 11.8 Å². The van der Waals surface area contributed by atoms with Gasteiger partial charge >= 0.3 is 0 Å². The average Bonchev–Trinajstić information content (AvgIpc) is 2.25. The highest BCUT2D eigenvalue weighted by Gasteiger charge is 2.35. The summed E-state index contributed by atoms with van der Waals surface area (Å²) in [6, 6.07) is 8.70. The summed E-state index contributed by atoms with van der Waals surface area (Å²) in [5, 5.41) is 1.56. The Hall–Kier alpha value is -0.473. The standard InChI is InChI=1S/C10H12SSi/c1-8-11-9-6-4-5-7-10(9)12(8,2)3/h4-7H,1H2,2-3H3. The summed E-state index contributed by atoms with van der Waals surface area (Å²) in [6.07, 6.45) is 0. The van der Waals surface area contributed by atoms with Crippen molar-refractivity contribution in [3.8, 4) is 0 Å². The van der Waals surface area contributed by atoms with E-state index in [-0.39, 0.29) is 0 Å². The lowest BCUT2D eigenvalue weighted by Gasteiger charge is -2.15. The van der Waals surface area contributed by atoms with Gasteiger partial charge in [-0.3, -0.25) is 0 Å². The Labute approximate surface area is 78.7 Å². The van der Waals surface area contributed by atoms with Gasteiger partial charge in [-0.1, -0.05) is 49.6 Å². The first-order valence-corrected chi connectivity index (χ1v) is 7.91. The summed E-state index contributed by atoms with van der Waals surface area (Å²) in [7, 11) is -1.30. The van der Waals surface area contributed by atoms with Gasteiger partial charge < -0.3 is 0 Å². The molecular formula is C10H12SSi. The van der Waals surface area contributed by atoms with E-state index in [9.17, 15) is 0 Å². The molecule has 12 heavy (non-hydrogen) atoms. The van der Waals surface area contributed by atoms with Crippen LogP contribution in [0.5, 0.6) is 0 Å². The van der Waals surface area contributed by atoms with E-state index in [0.717, 1.165) is 0 Å². The number of hydrogen-bond donors (Lipinski definition) is 0. The maximum Gasteiger partial charge on any atom is 0.121 e. The summed E-state index contributed by atoms with van der Waals surface area (Å²) in [6.45, 7) is 8.88. The zero-order valence-electron chi connectivity index (χ0n) is 7.42. The van der Waals surface area contributed by atoms with Gasteiger partial charge in [-0.25, -0.2) is 0 Å². The predicted molar refractivity (Wildman–Crippen MR) is 58.6 cm³/mol. The van der Waals surface area contributed by atoms with E-state index in [2.05, 4.69) is 43.9 Å². The Balaban J connectivity index is 2.63. The van der Waals surface area contributed by atoms with E-state index in [1.807, 2.05) is 11.8 Å². The van der Waals surface area contributed by atoms with Crippen LogP contribution in [0.1, 0.15) is 0 Å². The van der Waals surface area contributed by atoms with E-state index < -0.39 is 8.07 Å². The molecule has 0 bridgehead atoms. The highest BCUT2D eigenvalue weighted by Crippen LogP contribution is 2.38. The third-order valence-corrected chi connectivity index (χ3v) is 8.51. The van der Waals surface area contributed by atoms with Crippen molar-refractivity contribution in [1.29, 1.82) is 0 Å². The zero-order valence-corrected chi connectivity index (χ0v) is 9.24. The van der Waals surface area contributed by atoms with E-state index in [1.165, 1.54) is 9.42 Å². The minimum Gasteiger partial charge on any atom is -0.0994 e. The second-order valence-electron chi connectivity index (χ2n) is 3.65. The fourth-order valence-corrected chi connectivity index (χ4v) is 6.18. The van der Waals surface area contributed by atoms with E-state index >= 15 is 0 Å². The van der Waals surface area contributed by atoms with Gasteiger partial charge in [0, 0.05) is 4.90 Å². The molecule has 0 N–H and O–H groups in total. The van der Waals surface area contributed by atoms with E-state index in [0.29, 0.717) is 0 Å². The van der Waals surface area contributed by atoms with Crippen molar-refractivity contribution >= 4 is 25.0 Å². The third-order valence-electron chi connectivity index (χ3n) is 2.49. The molecule has 1 aromatic carbocycles. The Morgan fingerprint density at radius 1 is 1.25 bits per heavy atom. The molecule has 0 radical (unpaired) electrons. The highest BCUT2D eigenvalue weighted by atomic mass is 32.2. The molecule has 0 saturated heterocycles. The Kier molecular flexibility index (Phi) is 1.70. The lowest BCUT2D eigenvalue weighted by Crippen LogP contribution is -2.39. The molecule has 0 saturated carbocycles. The van der Waals surface area contributed by atoms with E-state index in [1.54, 1.807) is 5.19 Å². The monoisotopic (exact) mass is 192 g/mol. The molecule has 0 aliphatic carbocycles. The molecular weight excluding hydrogens is 180 g/mol. The topological polar surface area (TPSA) is 0 Å². The van der Waals surface area contributed by atoms with Crippen molar-refractivity contribution < 1.29 is 0 Å². The van der Waals surface area contributed by atoms with Gasteiger partial charge in [0.25, 0.3) is 0 Å². The summed E-state index contributed by atoms with van der Waals surface area (Å²) >= 11 is 1.87. The van der Waals surface area contributed by atoms with Crippen LogP contribution in [0.4, 0.5) is 0 Å². The lowest BCUT2D eigenvalue weighted by molar-refractivity contribution is 1.52. The van der Waals surface area contributed by atoms with Crippen LogP contribution in [-0.4, -0.2) is 8.07 Å². The number of fused-ring (bicyclic) bond motifs is 1. The Morgan fingerprint density at radius 3 is 2.58 bits per heavy atom. The van der Waals surface area contributed by atoms with E-state index in [4.69, 9.17) is 0 Å². The summed E-state index contributed by atoms with van der Waals surface area (Å²) < 4.78 is 1.39. The first kappa shape index (κ1) is 8.14. The maximum atomic E-state index is 4.15. The summed E-state index contributed by atoms with van der Waals surface area (Å²) in [5.41, 5.74) is 0. The number of benzene rings is 1. The first-order chi connectivity index (χ1) is 5.62. The molecule has 1 aromatic rings. The molecule has 2 heteroatoms. The van der Waals surface area contributed by atoms with Crippen LogP contribution < -0.4 is 5.19 Å². The number of hydrogen-bond acceptors (Lipinski definition) is 1. The van der Waals surface area contributed by atoms with Crippen LogP contribution in [0, 0.1) is 0 Å². The lowest BCUT2D eigenvalue weighted by atomic mass is 10.4. The molecule has 0 amide bonds. The van der Waals surface area contributed by atoms with Crippen LogP contribution in [0.2, 0.25) is 13.1 Å². The van der Waals surface area contributed by atoms with Crippen molar-refractivity contribution in [2.75, 3.05) is 0 Å². The maximum absolute atomic E-state index is 4.15. The molecule has 0 fully saturated rings. The second kappa shape index (κ2) is 2.51. The van der Waals surface area contributed by atoms with Gasteiger partial charge in [-0.2, -0.15) is 0 Å². The summed E-state index contributed by atoms with van der Waals surface area (Å²) in [5.74, 6) is 0. The molecule has 0 spiro atoms. The van der Waals surface area contributed by atoms with Crippen LogP contribution in [-0.2, 0) is 0 Å². The molecule has 0 aromatic heterocycles. The summed E-state index contributed by atoms with van der Waals surface area (Å²) in [4.78, 5) is 1.43. The molecule has 1 heterocycles. The minimum absolute atomic E-state index is 1.30. The predicted octanol–water partition coefficient (Wildman–Crippen LogP) is 2.76. The normalized spacial score (nSPS) is 19.3. The first-order valence-electron chi connectivity index (χ1n) is 4.09. The van der Waals surface area contributed by atoms with Crippen molar-refractivity contribution in [1.82, 2.24) is 0 Å². The number of thioether (sulfide) groups is 1. The molecule has 0 atom stereocenters. The molecule has 1 aliphatic heterocycles. The quantitative estimate of drug-likeness (QED) is 0.570. The van der Waals surface area contributed by atoms with Gasteiger partial charge in [0.1, 0.15) is 8.07 Å². The second-order valence-corrected chi connectivity index (χ2v) is 9.54. The van der Waals surface area contributed by atoms with Gasteiger partial charge in [-0.15, -0.1) is 0 Å². The third kappa shape index (κ3) is 0.984. The zero-order chi connectivity index (χ0) is 8.77. The van der Waals surface area contributed by atoms with Crippen molar-refractivity contribution in [2.45, 2.75) is 18.0 Å². The molecule has 62 valence electrons. The Morgan fingerprint density at radius 2 is 1.92 bits per heavy atom. The number of rotatable bonds is 0. The van der Waals surface area contributed by atoms with Crippen LogP contribution in [0.3, 0.4) is 0 Å². The molecule has 0 unspecified atom stereocenters. The van der Waals surface area contributed by atoms with Gasteiger partial charge in [0.2, 0.25) is 0 Å². The van der Waals surface area contributed by atoms with Crippen molar-refractivity contribution in [3.63, 3.8) is 0 Å².